The van der Waals surface area contributed by atoms with Crippen LogP contribution in [-0.4, -0.2) is 55.3 Å². The van der Waals surface area contributed by atoms with Gasteiger partial charge in [0, 0.05) is 25.7 Å². The molecule has 146 valence electrons. The molecule has 2 saturated heterocycles. The average Bonchev–Trinajstić information content (AvgIpc) is 3.35. The fourth-order valence-corrected chi connectivity index (χ4v) is 4.34. The molecule has 2 aliphatic rings. The van der Waals surface area contributed by atoms with E-state index in [0.717, 1.165) is 63.6 Å². The van der Waals surface area contributed by atoms with Gasteiger partial charge in [-0.05, 0) is 56.1 Å². The standard InChI is InChI=1S/C22H30N2O3/c1-23(16-21-4-3-13-26-21)19-14-22(27-17-19)9-11-24(12-10-22)15-18-5-7-20(25-2)8-6-18/h3-8,13,19H,9-12,14-17H2,1-2H3/t19-/m1/s1. The number of rotatable bonds is 6. The molecule has 0 saturated carbocycles. The second-order valence-electron chi connectivity index (χ2n) is 7.97. The van der Waals surface area contributed by atoms with Crippen molar-refractivity contribution in [3.8, 4) is 5.75 Å². The Kier molecular flexibility index (Phi) is 5.53. The highest BCUT2D eigenvalue weighted by atomic mass is 16.5. The third kappa shape index (κ3) is 4.37. The largest absolute Gasteiger partial charge is 0.497 e. The minimum Gasteiger partial charge on any atom is -0.497 e. The van der Waals surface area contributed by atoms with Crippen molar-refractivity contribution < 1.29 is 13.9 Å². The van der Waals surface area contributed by atoms with Gasteiger partial charge in [0.2, 0.25) is 0 Å². The molecular weight excluding hydrogens is 340 g/mol. The van der Waals surface area contributed by atoms with Gasteiger partial charge < -0.3 is 13.9 Å². The van der Waals surface area contributed by atoms with Crippen molar-refractivity contribution in [1.29, 1.82) is 0 Å². The molecule has 3 heterocycles. The van der Waals surface area contributed by atoms with E-state index in [4.69, 9.17) is 13.9 Å². The lowest BCUT2D eigenvalue weighted by Crippen LogP contribution is -2.44. The van der Waals surface area contributed by atoms with Crippen LogP contribution in [0.5, 0.6) is 5.75 Å². The van der Waals surface area contributed by atoms with Gasteiger partial charge in [-0.3, -0.25) is 9.80 Å². The van der Waals surface area contributed by atoms with Crippen molar-refractivity contribution in [1.82, 2.24) is 9.80 Å². The van der Waals surface area contributed by atoms with Crippen molar-refractivity contribution >= 4 is 0 Å². The number of furan rings is 1. The predicted molar refractivity (Wildman–Crippen MR) is 105 cm³/mol. The normalized spacial score (nSPS) is 22.6. The lowest BCUT2D eigenvalue weighted by molar-refractivity contribution is -0.0452. The number of nitrogens with zero attached hydrogens (tertiary/aromatic N) is 2. The van der Waals surface area contributed by atoms with Crippen LogP contribution in [0, 0.1) is 0 Å². The van der Waals surface area contributed by atoms with E-state index in [1.54, 1.807) is 13.4 Å². The SMILES string of the molecule is COc1ccc(CN2CCC3(CC2)C[C@@H](N(C)Cc2ccco2)CO3)cc1. The highest BCUT2D eigenvalue weighted by Gasteiger charge is 2.43. The highest BCUT2D eigenvalue weighted by Crippen LogP contribution is 2.38. The zero-order valence-corrected chi connectivity index (χ0v) is 16.4. The Balaban J connectivity index is 1.27. The maximum absolute atomic E-state index is 6.35. The zero-order valence-electron chi connectivity index (χ0n) is 16.4. The first-order valence-corrected chi connectivity index (χ1v) is 9.88. The Morgan fingerprint density at radius 2 is 1.96 bits per heavy atom. The number of likely N-dealkylation sites (tertiary alicyclic amines) is 1. The molecule has 27 heavy (non-hydrogen) atoms. The summed E-state index contributed by atoms with van der Waals surface area (Å²) in [6.45, 7) is 4.87. The van der Waals surface area contributed by atoms with Crippen LogP contribution < -0.4 is 4.74 Å². The summed E-state index contributed by atoms with van der Waals surface area (Å²) in [6, 6.07) is 12.9. The van der Waals surface area contributed by atoms with E-state index in [1.165, 1.54) is 5.56 Å². The minimum absolute atomic E-state index is 0.0680. The second kappa shape index (κ2) is 8.05. The number of ether oxygens (including phenoxy) is 2. The van der Waals surface area contributed by atoms with Gasteiger partial charge in [-0.25, -0.2) is 0 Å². The van der Waals surface area contributed by atoms with E-state index in [1.807, 2.05) is 24.3 Å². The molecule has 0 radical (unpaired) electrons. The summed E-state index contributed by atoms with van der Waals surface area (Å²) in [4.78, 5) is 4.91. The molecular formula is C22H30N2O3. The minimum atomic E-state index is 0.0680. The molecule has 1 atom stereocenters. The molecule has 2 fully saturated rings. The summed E-state index contributed by atoms with van der Waals surface area (Å²) in [7, 11) is 3.88. The van der Waals surface area contributed by atoms with Gasteiger partial charge in [-0.2, -0.15) is 0 Å². The highest BCUT2D eigenvalue weighted by molar-refractivity contribution is 5.27. The number of hydrogen-bond donors (Lipinski definition) is 0. The molecule has 0 amide bonds. The molecule has 4 rings (SSSR count). The molecule has 0 bridgehead atoms. The summed E-state index contributed by atoms with van der Waals surface area (Å²) in [5.74, 6) is 1.94. The van der Waals surface area contributed by atoms with Crippen molar-refractivity contribution in [3.63, 3.8) is 0 Å². The summed E-state index contributed by atoms with van der Waals surface area (Å²) < 4.78 is 17.1. The van der Waals surface area contributed by atoms with Crippen LogP contribution in [0.1, 0.15) is 30.6 Å². The van der Waals surface area contributed by atoms with Crippen molar-refractivity contribution in [2.24, 2.45) is 0 Å². The predicted octanol–water partition coefficient (Wildman–Crippen LogP) is 3.54. The molecule has 2 aliphatic heterocycles. The van der Waals surface area contributed by atoms with Crippen molar-refractivity contribution in [2.75, 3.05) is 33.9 Å². The van der Waals surface area contributed by atoms with E-state index >= 15 is 0 Å². The van der Waals surface area contributed by atoms with E-state index in [9.17, 15) is 0 Å². The van der Waals surface area contributed by atoms with Gasteiger partial charge in [0.25, 0.3) is 0 Å². The third-order valence-electron chi connectivity index (χ3n) is 6.13. The zero-order chi connectivity index (χ0) is 18.7. The fourth-order valence-electron chi connectivity index (χ4n) is 4.34. The van der Waals surface area contributed by atoms with E-state index in [0.29, 0.717) is 6.04 Å². The van der Waals surface area contributed by atoms with Crippen LogP contribution in [0.25, 0.3) is 0 Å². The van der Waals surface area contributed by atoms with Crippen molar-refractivity contribution in [3.05, 3.63) is 54.0 Å². The number of likely N-dealkylation sites (N-methyl/N-ethyl adjacent to an activating group) is 1. The first kappa shape index (κ1) is 18.5. The van der Waals surface area contributed by atoms with Crippen LogP contribution in [0.3, 0.4) is 0 Å². The number of benzene rings is 1. The van der Waals surface area contributed by atoms with E-state index in [2.05, 4.69) is 29.0 Å². The van der Waals surface area contributed by atoms with Gasteiger partial charge in [0.1, 0.15) is 11.5 Å². The van der Waals surface area contributed by atoms with E-state index < -0.39 is 0 Å². The Morgan fingerprint density at radius 3 is 2.63 bits per heavy atom. The first-order valence-electron chi connectivity index (χ1n) is 9.88. The summed E-state index contributed by atoms with van der Waals surface area (Å²) in [5.41, 5.74) is 1.41. The van der Waals surface area contributed by atoms with Crippen molar-refractivity contribution in [2.45, 2.75) is 44.0 Å². The molecule has 2 aromatic rings. The Morgan fingerprint density at radius 1 is 1.19 bits per heavy atom. The summed E-state index contributed by atoms with van der Waals surface area (Å²) >= 11 is 0. The average molecular weight is 370 g/mol. The van der Waals surface area contributed by atoms with Gasteiger partial charge in [0.15, 0.2) is 0 Å². The van der Waals surface area contributed by atoms with E-state index in [-0.39, 0.29) is 5.60 Å². The van der Waals surface area contributed by atoms with Crippen LogP contribution in [0.2, 0.25) is 0 Å². The van der Waals surface area contributed by atoms with Gasteiger partial charge in [0.05, 0.1) is 32.1 Å². The van der Waals surface area contributed by atoms with Crippen LogP contribution in [0.4, 0.5) is 0 Å². The molecule has 5 nitrogen and oxygen atoms in total. The molecule has 1 aromatic carbocycles. The van der Waals surface area contributed by atoms with Gasteiger partial charge >= 0.3 is 0 Å². The lowest BCUT2D eigenvalue weighted by atomic mass is 9.87. The lowest BCUT2D eigenvalue weighted by Gasteiger charge is -2.39. The van der Waals surface area contributed by atoms with Gasteiger partial charge in [-0.15, -0.1) is 0 Å². The third-order valence-corrected chi connectivity index (χ3v) is 6.13. The second-order valence-corrected chi connectivity index (χ2v) is 7.97. The Labute approximate surface area is 161 Å². The Hall–Kier alpha value is -1.82. The Bertz CT molecular complexity index is 706. The molecule has 5 heteroatoms. The molecule has 0 N–H and O–H groups in total. The maximum Gasteiger partial charge on any atom is 0.118 e. The van der Waals surface area contributed by atoms with Gasteiger partial charge in [-0.1, -0.05) is 12.1 Å². The van der Waals surface area contributed by atoms with Crippen LogP contribution >= 0.6 is 0 Å². The monoisotopic (exact) mass is 370 g/mol. The molecule has 1 aromatic heterocycles. The van der Waals surface area contributed by atoms with Crippen LogP contribution in [-0.2, 0) is 17.8 Å². The quantitative estimate of drug-likeness (QED) is 0.778. The number of piperidine rings is 1. The summed E-state index contributed by atoms with van der Waals surface area (Å²) in [5, 5.41) is 0. The summed E-state index contributed by atoms with van der Waals surface area (Å²) in [6.07, 6.45) is 5.11. The topological polar surface area (TPSA) is 38.1 Å². The fraction of sp³-hybridized carbons (Fsp3) is 0.545. The molecule has 0 unspecified atom stereocenters. The maximum atomic E-state index is 6.35. The first-order chi connectivity index (χ1) is 13.2. The van der Waals surface area contributed by atoms with Crippen LogP contribution in [0.15, 0.2) is 47.1 Å². The number of methoxy groups -OCH3 is 1. The smallest absolute Gasteiger partial charge is 0.118 e. The molecule has 1 spiro atoms. The number of hydrogen-bond acceptors (Lipinski definition) is 5. The molecule has 0 aliphatic carbocycles.